The first-order chi connectivity index (χ1) is 13.4. The standard InChI is InChI=1S/C20H15F4NO3/c1-11(12-5-3-2-4-6-12)25-20(26)16-8-7-13(28-16)10-27-19-17(23)14(21)9-15(22)18(19)24/h2-9,11H,10H2,1H3,(H,25,26)/t11-/m0/s1. The molecule has 0 radical (unpaired) electrons. The molecule has 3 rings (SSSR count). The van der Waals surface area contributed by atoms with Crippen LogP contribution in [0.15, 0.2) is 52.9 Å². The van der Waals surface area contributed by atoms with Crippen LogP contribution in [0.4, 0.5) is 17.6 Å². The van der Waals surface area contributed by atoms with E-state index in [2.05, 4.69) is 5.32 Å². The number of hydrogen-bond donors (Lipinski definition) is 1. The third kappa shape index (κ3) is 4.16. The van der Waals surface area contributed by atoms with Gasteiger partial charge in [0.1, 0.15) is 12.4 Å². The predicted octanol–water partition coefficient (Wildman–Crippen LogP) is 4.91. The summed E-state index contributed by atoms with van der Waals surface area (Å²) in [6.07, 6.45) is 0. The van der Waals surface area contributed by atoms with Gasteiger partial charge in [0, 0.05) is 6.07 Å². The quantitative estimate of drug-likeness (QED) is 0.478. The first-order valence-corrected chi connectivity index (χ1v) is 8.27. The molecule has 146 valence electrons. The number of furan rings is 1. The summed E-state index contributed by atoms with van der Waals surface area (Å²) in [5.41, 5.74) is 0.894. The molecule has 28 heavy (non-hydrogen) atoms. The zero-order valence-corrected chi connectivity index (χ0v) is 14.6. The van der Waals surface area contributed by atoms with Gasteiger partial charge in [-0.25, -0.2) is 8.78 Å². The van der Waals surface area contributed by atoms with Crippen molar-refractivity contribution < 1.29 is 31.5 Å². The number of ether oxygens (including phenoxy) is 1. The lowest BCUT2D eigenvalue weighted by Gasteiger charge is -2.13. The maximum absolute atomic E-state index is 13.6. The second kappa shape index (κ2) is 8.16. The van der Waals surface area contributed by atoms with E-state index in [9.17, 15) is 22.4 Å². The monoisotopic (exact) mass is 393 g/mol. The van der Waals surface area contributed by atoms with Crippen LogP contribution in [0.2, 0.25) is 0 Å². The Hall–Kier alpha value is -3.29. The molecule has 4 nitrogen and oxygen atoms in total. The Morgan fingerprint density at radius 3 is 2.32 bits per heavy atom. The first-order valence-electron chi connectivity index (χ1n) is 8.27. The van der Waals surface area contributed by atoms with E-state index >= 15 is 0 Å². The molecule has 0 unspecified atom stereocenters. The van der Waals surface area contributed by atoms with Gasteiger partial charge in [-0.1, -0.05) is 30.3 Å². The minimum absolute atomic E-state index is 0.0426. The fraction of sp³-hybridized carbons (Fsp3) is 0.150. The molecule has 1 atom stereocenters. The van der Waals surface area contributed by atoms with E-state index in [1.807, 2.05) is 30.3 Å². The predicted molar refractivity (Wildman–Crippen MR) is 91.6 cm³/mol. The van der Waals surface area contributed by atoms with Crippen LogP contribution < -0.4 is 10.1 Å². The average Bonchev–Trinajstić information content (AvgIpc) is 3.16. The molecule has 3 aromatic rings. The van der Waals surface area contributed by atoms with E-state index in [0.29, 0.717) is 0 Å². The summed E-state index contributed by atoms with van der Waals surface area (Å²) in [6.45, 7) is 1.27. The van der Waals surface area contributed by atoms with Crippen molar-refractivity contribution in [3.05, 3.63) is 88.9 Å². The lowest BCUT2D eigenvalue weighted by atomic mass is 10.1. The summed E-state index contributed by atoms with van der Waals surface area (Å²) < 4.78 is 63.6. The van der Waals surface area contributed by atoms with Crippen molar-refractivity contribution in [1.82, 2.24) is 5.32 Å². The van der Waals surface area contributed by atoms with Crippen molar-refractivity contribution in [1.29, 1.82) is 0 Å². The third-order valence-electron chi connectivity index (χ3n) is 3.96. The summed E-state index contributed by atoms with van der Waals surface area (Å²) >= 11 is 0. The zero-order valence-electron chi connectivity index (χ0n) is 14.6. The number of benzene rings is 2. The highest BCUT2D eigenvalue weighted by atomic mass is 19.2. The minimum Gasteiger partial charge on any atom is -0.479 e. The Kier molecular flexibility index (Phi) is 5.67. The Morgan fingerprint density at radius 1 is 1.04 bits per heavy atom. The van der Waals surface area contributed by atoms with Gasteiger partial charge in [0.15, 0.2) is 23.1 Å². The third-order valence-corrected chi connectivity index (χ3v) is 3.96. The van der Waals surface area contributed by atoms with Gasteiger partial charge in [-0.15, -0.1) is 0 Å². The van der Waals surface area contributed by atoms with Crippen molar-refractivity contribution >= 4 is 5.91 Å². The van der Waals surface area contributed by atoms with Crippen LogP contribution in [-0.2, 0) is 6.61 Å². The van der Waals surface area contributed by atoms with E-state index in [-0.39, 0.29) is 23.6 Å². The van der Waals surface area contributed by atoms with Gasteiger partial charge in [0.25, 0.3) is 5.91 Å². The molecule has 1 amide bonds. The Morgan fingerprint density at radius 2 is 1.68 bits per heavy atom. The van der Waals surface area contributed by atoms with Crippen LogP contribution >= 0.6 is 0 Å². The number of carbonyl (C=O) groups excluding carboxylic acids is 1. The van der Waals surface area contributed by atoms with Crippen LogP contribution in [-0.4, -0.2) is 5.91 Å². The van der Waals surface area contributed by atoms with Gasteiger partial charge in [-0.2, -0.15) is 8.78 Å². The lowest BCUT2D eigenvalue weighted by molar-refractivity contribution is 0.0907. The summed E-state index contributed by atoms with van der Waals surface area (Å²) in [4.78, 5) is 12.2. The van der Waals surface area contributed by atoms with Gasteiger partial charge in [0.2, 0.25) is 11.6 Å². The Labute approximate surface area is 157 Å². The summed E-state index contributed by atoms with van der Waals surface area (Å²) in [5, 5.41) is 2.74. The van der Waals surface area contributed by atoms with Crippen LogP contribution in [0, 0.1) is 23.3 Å². The number of nitrogens with one attached hydrogen (secondary N) is 1. The van der Waals surface area contributed by atoms with Crippen molar-refractivity contribution in [3.63, 3.8) is 0 Å². The fourth-order valence-electron chi connectivity index (χ4n) is 2.49. The summed E-state index contributed by atoms with van der Waals surface area (Å²) in [5.74, 6) is -8.17. The van der Waals surface area contributed by atoms with E-state index in [1.54, 1.807) is 6.92 Å². The smallest absolute Gasteiger partial charge is 0.287 e. The molecule has 0 aliphatic carbocycles. The second-order valence-electron chi connectivity index (χ2n) is 5.96. The molecule has 8 heteroatoms. The van der Waals surface area contributed by atoms with Gasteiger partial charge < -0.3 is 14.5 Å². The minimum atomic E-state index is -1.65. The normalized spacial score (nSPS) is 11.9. The molecule has 1 heterocycles. The van der Waals surface area contributed by atoms with Gasteiger partial charge in [-0.05, 0) is 24.6 Å². The number of halogens is 4. The highest BCUT2D eigenvalue weighted by Crippen LogP contribution is 2.27. The molecular formula is C20H15F4NO3. The van der Waals surface area contributed by atoms with Crippen LogP contribution in [0.5, 0.6) is 5.75 Å². The molecule has 0 saturated heterocycles. The van der Waals surface area contributed by atoms with E-state index < -0.39 is 41.5 Å². The molecule has 1 aromatic heterocycles. The van der Waals surface area contributed by atoms with Crippen LogP contribution in [0.3, 0.4) is 0 Å². The summed E-state index contributed by atoms with van der Waals surface area (Å²) in [6, 6.07) is 11.8. The molecule has 2 aromatic carbocycles. The van der Waals surface area contributed by atoms with Crippen molar-refractivity contribution in [2.75, 3.05) is 0 Å². The van der Waals surface area contributed by atoms with Crippen LogP contribution in [0.25, 0.3) is 0 Å². The second-order valence-corrected chi connectivity index (χ2v) is 5.96. The SMILES string of the molecule is C[C@H](NC(=O)c1ccc(COc2c(F)c(F)cc(F)c2F)o1)c1ccccc1. The van der Waals surface area contributed by atoms with Crippen molar-refractivity contribution in [2.45, 2.75) is 19.6 Å². The highest BCUT2D eigenvalue weighted by molar-refractivity contribution is 5.91. The van der Waals surface area contributed by atoms with Gasteiger partial charge in [0.05, 0.1) is 6.04 Å². The number of amides is 1. The first kappa shape index (κ1) is 19.5. The summed E-state index contributed by atoms with van der Waals surface area (Å²) in [7, 11) is 0. The average molecular weight is 393 g/mol. The molecule has 0 aliphatic heterocycles. The Bertz CT molecular complexity index is 962. The molecule has 0 aliphatic rings. The Balaban J connectivity index is 1.66. The fourth-order valence-corrected chi connectivity index (χ4v) is 2.49. The molecular weight excluding hydrogens is 378 g/mol. The molecule has 0 saturated carbocycles. The van der Waals surface area contributed by atoms with E-state index in [1.165, 1.54) is 12.1 Å². The molecule has 0 bridgehead atoms. The maximum Gasteiger partial charge on any atom is 0.287 e. The number of rotatable bonds is 6. The zero-order chi connectivity index (χ0) is 20.3. The largest absolute Gasteiger partial charge is 0.479 e. The van der Waals surface area contributed by atoms with Crippen LogP contribution in [0.1, 0.15) is 34.8 Å². The van der Waals surface area contributed by atoms with E-state index in [0.717, 1.165) is 5.56 Å². The van der Waals surface area contributed by atoms with Gasteiger partial charge >= 0.3 is 0 Å². The molecule has 0 spiro atoms. The molecule has 1 N–H and O–H groups in total. The van der Waals surface area contributed by atoms with Crippen molar-refractivity contribution in [2.24, 2.45) is 0 Å². The van der Waals surface area contributed by atoms with Crippen molar-refractivity contribution in [3.8, 4) is 5.75 Å². The maximum atomic E-state index is 13.6. The number of carbonyl (C=O) groups is 1. The van der Waals surface area contributed by atoms with E-state index in [4.69, 9.17) is 9.15 Å². The van der Waals surface area contributed by atoms with Gasteiger partial charge in [-0.3, -0.25) is 4.79 Å². The lowest BCUT2D eigenvalue weighted by Crippen LogP contribution is -2.26. The topological polar surface area (TPSA) is 51.5 Å². The molecule has 0 fully saturated rings. The highest BCUT2D eigenvalue weighted by Gasteiger charge is 2.21. The number of hydrogen-bond acceptors (Lipinski definition) is 3.